The Balaban J connectivity index is 1.49. The fourth-order valence-corrected chi connectivity index (χ4v) is 4.78. The lowest BCUT2D eigenvalue weighted by molar-refractivity contribution is 0.0565. The Bertz CT molecular complexity index is 1050. The van der Waals surface area contributed by atoms with Crippen molar-refractivity contribution in [3.8, 4) is 11.3 Å². The van der Waals surface area contributed by atoms with Gasteiger partial charge in [0.25, 0.3) is 5.91 Å². The highest BCUT2D eigenvalue weighted by atomic mass is 35.5. The normalized spacial score (nSPS) is 19.9. The number of benzene rings is 1. The van der Waals surface area contributed by atoms with Gasteiger partial charge in [0.1, 0.15) is 0 Å². The fourth-order valence-electron chi connectivity index (χ4n) is 4.26. The maximum absolute atomic E-state index is 13.1. The Kier molecular flexibility index (Phi) is 4.50. The highest BCUT2D eigenvalue weighted by molar-refractivity contribution is 6.35. The summed E-state index contributed by atoms with van der Waals surface area (Å²) in [5.74, 6) is -0.0351. The topological polar surface area (TPSA) is 53.7 Å². The van der Waals surface area contributed by atoms with Gasteiger partial charge in [0, 0.05) is 53.5 Å². The molecule has 0 radical (unpaired) electrons. The van der Waals surface area contributed by atoms with Crippen molar-refractivity contribution in [2.75, 3.05) is 26.2 Å². The van der Waals surface area contributed by atoms with Gasteiger partial charge in [0.2, 0.25) is 0 Å². The number of carbonyl (C=O) groups excluding carboxylic acids is 1. The van der Waals surface area contributed by atoms with Crippen LogP contribution in [-0.2, 0) is 0 Å². The Morgan fingerprint density at radius 2 is 1.89 bits per heavy atom. The first kappa shape index (κ1) is 17.9. The van der Waals surface area contributed by atoms with Crippen LogP contribution < -0.4 is 0 Å². The molecule has 3 aromatic rings. The molecule has 6 nitrogen and oxygen atoms in total. The zero-order valence-corrected chi connectivity index (χ0v) is 16.7. The van der Waals surface area contributed by atoms with Gasteiger partial charge in [-0.1, -0.05) is 23.2 Å². The molecule has 144 valence electrons. The van der Waals surface area contributed by atoms with E-state index in [2.05, 4.69) is 15.0 Å². The van der Waals surface area contributed by atoms with E-state index in [0.717, 1.165) is 43.9 Å². The molecular formula is C20H19Cl2N5O. The van der Waals surface area contributed by atoms with E-state index in [1.807, 2.05) is 23.1 Å². The summed E-state index contributed by atoms with van der Waals surface area (Å²) in [5.41, 5.74) is 2.65. The molecule has 0 spiro atoms. The standard InChI is InChI=1S/C20H19Cl2N5O/c21-14-8-13(9-15(22)10-14)18-3-4-23-19-11-17(24-27(18)19)20(28)26-7-6-25-5-1-2-16(25)12-26/h3-4,8-11,16H,1-2,5-7,12H2/t16-/m1/s1. The molecule has 8 heteroatoms. The third kappa shape index (κ3) is 3.15. The Morgan fingerprint density at radius 3 is 2.71 bits per heavy atom. The summed E-state index contributed by atoms with van der Waals surface area (Å²) >= 11 is 12.3. The number of fused-ring (bicyclic) bond motifs is 2. The van der Waals surface area contributed by atoms with Crippen LogP contribution in [-0.4, -0.2) is 62.5 Å². The van der Waals surface area contributed by atoms with Gasteiger partial charge < -0.3 is 4.90 Å². The van der Waals surface area contributed by atoms with Crippen molar-refractivity contribution >= 4 is 34.8 Å². The van der Waals surface area contributed by atoms with E-state index in [1.54, 1.807) is 22.8 Å². The number of hydrogen-bond donors (Lipinski definition) is 0. The summed E-state index contributed by atoms with van der Waals surface area (Å²) in [4.78, 5) is 21.8. The number of amides is 1. The van der Waals surface area contributed by atoms with Crippen molar-refractivity contribution in [1.29, 1.82) is 0 Å². The third-order valence-electron chi connectivity index (χ3n) is 5.61. The molecule has 28 heavy (non-hydrogen) atoms. The molecule has 5 rings (SSSR count). The summed E-state index contributed by atoms with van der Waals surface area (Å²) < 4.78 is 1.68. The third-order valence-corrected chi connectivity index (χ3v) is 6.05. The second-order valence-corrected chi connectivity index (χ2v) is 8.24. The van der Waals surface area contributed by atoms with E-state index in [-0.39, 0.29) is 5.91 Å². The lowest BCUT2D eigenvalue weighted by Crippen LogP contribution is -2.52. The van der Waals surface area contributed by atoms with Crippen LogP contribution in [0.15, 0.2) is 36.5 Å². The van der Waals surface area contributed by atoms with Gasteiger partial charge in [-0.05, 0) is 43.7 Å². The molecule has 2 fully saturated rings. The summed E-state index contributed by atoms with van der Waals surface area (Å²) in [7, 11) is 0. The van der Waals surface area contributed by atoms with Crippen LogP contribution in [0.4, 0.5) is 0 Å². The molecule has 0 saturated carbocycles. The molecule has 2 aliphatic rings. The van der Waals surface area contributed by atoms with Crippen LogP contribution in [0, 0.1) is 0 Å². The summed E-state index contributed by atoms with van der Waals surface area (Å²) in [5, 5.41) is 5.67. The molecule has 0 bridgehead atoms. The van der Waals surface area contributed by atoms with Crippen molar-refractivity contribution < 1.29 is 4.79 Å². The molecular weight excluding hydrogens is 397 g/mol. The predicted octanol–water partition coefficient (Wildman–Crippen LogP) is 3.62. The van der Waals surface area contributed by atoms with Crippen LogP contribution in [0.3, 0.4) is 0 Å². The van der Waals surface area contributed by atoms with Crippen molar-refractivity contribution in [2.24, 2.45) is 0 Å². The second kappa shape index (κ2) is 7.03. The number of hydrogen-bond acceptors (Lipinski definition) is 4. The number of halogens is 2. The van der Waals surface area contributed by atoms with E-state index >= 15 is 0 Å². The van der Waals surface area contributed by atoms with Crippen LogP contribution in [0.1, 0.15) is 23.3 Å². The minimum atomic E-state index is -0.0351. The first-order chi connectivity index (χ1) is 13.6. The number of rotatable bonds is 2. The van der Waals surface area contributed by atoms with Crippen LogP contribution in [0.25, 0.3) is 16.9 Å². The molecule has 2 saturated heterocycles. The first-order valence-electron chi connectivity index (χ1n) is 9.43. The molecule has 4 heterocycles. The molecule has 1 aromatic carbocycles. The maximum atomic E-state index is 13.1. The van der Waals surface area contributed by atoms with E-state index in [4.69, 9.17) is 23.2 Å². The van der Waals surface area contributed by atoms with Gasteiger partial charge in [-0.15, -0.1) is 0 Å². The fraction of sp³-hybridized carbons (Fsp3) is 0.350. The second-order valence-electron chi connectivity index (χ2n) is 7.37. The minimum absolute atomic E-state index is 0.0351. The van der Waals surface area contributed by atoms with Crippen molar-refractivity contribution in [3.05, 3.63) is 52.3 Å². The van der Waals surface area contributed by atoms with Crippen LogP contribution in [0.5, 0.6) is 0 Å². The van der Waals surface area contributed by atoms with Gasteiger partial charge in [-0.25, -0.2) is 9.50 Å². The smallest absolute Gasteiger partial charge is 0.274 e. The van der Waals surface area contributed by atoms with Gasteiger partial charge in [0.15, 0.2) is 11.3 Å². The highest BCUT2D eigenvalue weighted by Gasteiger charge is 2.33. The van der Waals surface area contributed by atoms with Crippen molar-refractivity contribution in [1.82, 2.24) is 24.4 Å². The molecule has 2 aromatic heterocycles. The lowest BCUT2D eigenvalue weighted by atomic mass is 10.1. The average molecular weight is 416 g/mol. The van der Waals surface area contributed by atoms with Gasteiger partial charge >= 0.3 is 0 Å². The Labute approximate surface area is 172 Å². The SMILES string of the molecule is O=C(c1cc2nccc(-c3cc(Cl)cc(Cl)c3)n2n1)N1CCN2CCC[C@@H]2C1. The summed E-state index contributed by atoms with van der Waals surface area (Å²) in [6, 6.07) is 9.41. The largest absolute Gasteiger partial charge is 0.334 e. The zero-order chi connectivity index (χ0) is 19.3. The number of piperazine rings is 1. The molecule has 2 aliphatic heterocycles. The number of nitrogens with zero attached hydrogens (tertiary/aromatic N) is 5. The zero-order valence-electron chi connectivity index (χ0n) is 15.2. The molecule has 0 aliphatic carbocycles. The van der Waals surface area contributed by atoms with Crippen LogP contribution in [0.2, 0.25) is 10.0 Å². The summed E-state index contributed by atoms with van der Waals surface area (Å²) in [6.07, 6.45) is 4.08. The van der Waals surface area contributed by atoms with Crippen molar-refractivity contribution in [3.63, 3.8) is 0 Å². The van der Waals surface area contributed by atoms with E-state index < -0.39 is 0 Å². The molecule has 1 atom stereocenters. The first-order valence-corrected chi connectivity index (χ1v) is 10.2. The van der Waals surface area contributed by atoms with E-state index in [9.17, 15) is 4.79 Å². The highest BCUT2D eigenvalue weighted by Crippen LogP contribution is 2.28. The van der Waals surface area contributed by atoms with Gasteiger partial charge in [-0.3, -0.25) is 9.69 Å². The van der Waals surface area contributed by atoms with E-state index in [0.29, 0.717) is 27.4 Å². The Hall–Kier alpha value is -2.15. The molecule has 1 amide bonds. The van der Waals surface area contributed by atoms with Crippen LogP contribution >= 0.6 is 23.2 Å². The predicted molar refractivity (Wildman–Crippen MR) is 109 cm³/mol. The monoisotopic (exact) mass is 415 g/mol. The molecule has 0 N–H and O–H groups in total. The van der Waals surface area contributed by atoms with Crippen molar-refractivity contribution in [2.45, 2.75) is 18.9 Å². The van der Waals surface area contributed by atoms with E-state index in [1.165, 1.54) is 6.42 Å². The lowest BCUT2D eigenvalue weighted by Gasteiger charge is -2.37. The minimum Gasteiger partial charge on any atom is -0.334 e. The summed E-state index contributed by atoms with van der Waals surface area (Å²) in [6.45, 7) is 3.61. The average Bonchev–Trinajstić information content (AvgIpc) is 3.32. The Morgan fingerprint density at radius 1 is 1.07 bits per heavy atom. The van der Waals surface area contributed by atoms with Gasteiger partial charge in [0.05, 0.1) is 5.69 Å². The van der Waals surface area contributed by atoms with Gasteiger partial charge in [-0.2, -0.15) is 5.10 Å². The quantitative estimate of drug-likeness (QED) is 0.641. The number of carbonyl (C=O) groups is 1. The maximum Gasteiger partial charge on any atom is 0.274 e. The molecule has 0 unspecified atom stereocenters. The number of aromatic nitrogens is 3.